The SMILES string of the molecule is CC(NC(=O)c1nn(C)cc1Cl)c1nc(C2CC2)no1. The Balaban J connectivity index is 1.69. The van der Waals surface area contributed by atoms with E-state index in [2.05, 4.69) is 20.6 Å². The Hall–Kier alpha value is -1.89. The molecule has 8 heteroatoms. The molecule has 2 aromatic heterocycles. The molecule has 0 spiro atoms. The van der Waals surface area contributed by atoms with Crippen LogP contribution in [0.15, 0.2) is 10.7 Å². The summed E-state index contributed by atoms with van der Waals surface area (Å²) in [6, 6.07) is -0.388. The van der Waals surface area contributed by atoms with E-state index in [-0.39, 0.29) is 17.6 Å². The zero-order chi connectivity index (χ0) is 14.3. The fraction of sp³-hybridized carbons (Fsp3) is 0.500. The van der Waals surface area contributed by atoms with Gasteiger partial charge in [-0.1, -0.05) is 16.8 Å². The average molecular weight is 296 g/mol. The predicted octanol–water partition coefficient (Wildman–Crippen LogP) is 1.82. The van der Waals surface area contributed by atoms with Gasteiger partial charge in [0.1, 0.15) is 6.04 Å². The fourth-order valence-electron chi connectivity index (χ4n) is 1.87. The molecule has 1 saturated carbocycles. The molecule has 1 aliphatic rings. The number of nitrogens with one attached hydrogen (secondary N) is 1. The smallest absolute Gasteiger partial charge is 0.273 e. The molecule has 0 saturated heterocycles. The van der Waals surface area contributed by atoms with E-state index in [1.807, 2.05) is 0 Å². The van der Waals surface area contributed by atoms with Crippen molar-refractivity contribution in [1.29, 1.82) is 0 Å². The van der Waals surface area contributed by atoms with Crippen LogP contribution in [0.2, 0.25) is 5.02 Å². The second-order valence-electron chi connectivity index (χ2n) is 4.96. The molecule has 0 aromatic carbocycles. The molecule has 0 aliphatic heterocycles. The Labute approximate surface area is 120 Å². The van der Waals surface area contributed by atoms with Crippen molar-refractivity contribution >= 4 is 17.5 Å². The number of halogens is 1. The molecule has 20 heavy (non-hydrogen) atoms. The Morgan fingerprint density at radius 3 is 2.95 bits per heavy atom. The van der Waals surface area contributed by atoms with Crippen molar-refractivity contribution in [2.45, 2.75) is 31.7 Å². The highest BCUT2D eigenvalue weighted by Crippen LogP contribution is 2.38. The molecule has 1 amide bonds. The first-order chi connectivity index (χ1) is 9.54. The van der Waals surface area contributed by atoms with E-state index in [1.54, 1.807) is 20.2 Å². The number of carbonyl (C=O) groups is 1. The minimum absolute atomic E-state index is 0.183. The van der Waals surface area contributed by atoms with Crippen LogP contribution in [0, 0.1) is 0 Å². The number of aryl methyl sites for hydroxylation is 1. The number of aromatic nitrogens is 4. The van der Waals surface area contributed by atoms with Gasteiger partial charge in [-0.2, -0.15) is 10.1 Å². The van der Waals surface area contributed by atoms with Gasteiger partial charge < -0.3 is 9.84 Å². The number of amides is 1. The summed E-state index contributed by atoms with van der Waals surface area (Å²) in [6.45, 7) is 1.78. The van der Waals surface area contributed by atoms with Crippen LogP contribution in [0.3, 0.4) is 0 Å². The number of hydrogen-bond acceptors (Lipinski definition) is 5. The highest BCUT2D eigenvalue weighted by Gasteiger charge is 2.30. The molecule has 1 aliphatic carbocycles. The highest BCUT2D eigenvalue weighted by atomic mass is 35.5. The molecule has 1 unspecified atom stereocenters. The van der Waals surface area contributed by atoms with Crippen LogP contribution in [-0.4, -0.2) is 25.8 Å². The van der Waals surface area contributed by atoms with E-state index >= 15 is 0 Å². The second-order valence-corrected chi connectivity index (χ2v) is 5.37. The van der Waals surface area contributed by atoms with Gasteiger partial charge in [-0.05, 0) is 19.8 Å². The first-order valence-electron chi connectivity index (χ1n) is 6.38. The predicted molar refractivity (Wildman–Crippen MR) is 70.4 cm³/mol. The van der Waals surface area contributed by atoms with Crippen LogP contribution in [0.1, 0.15) is 53.9 Å². The molecule has 3 rings (SSSR count). The lowest BCUT2D eigenvalue weighted by molar-refractivity contribution is 0.0927. The van der Waals surface area contributed by atoms with E-state index in [9.17, 15) is 4.79 Å². The van der Waals surface area contributed by atoms with Crippen LogP contribution >= 0.6 is 11.6 Å². The maximum Gasteiger partial charge on any atom is 0.273 e. The molecule has 1 N–H and O–H groups in total. The first kappa shape index (κ1) is 13.1. The zero-order valence-electron chi connectivity index (χ0n) is 11.1. The van der Waals surface area contributed by atoms with Gasteiger partial charge in [0.15, 0.2) is 11.5 Å². The quantitative estimate of drug-likeness (QED) is 0.930. The summed E-state index contributed by atoms with van der Waals surface area (Å²) in [5, 5.41) is 11.0. The maximum absolute atomic E-state index is 12.1. The molecular weight excluding hydrogens is 282 g/mol. The van der Waals surface area contributed by atoms with E-state index in [0.717, 1.165) is 18.7 Å². The molecule has 1 fully saturated rings. The molecule has 0 radical (unpaired) electrons. The van der Waals surface area contributed by atoms with Gasteiger partial charge in [0.05, 0.1) is 5.02 Å². The number of hydrogen-bond donors (Lipinski definition) is 1. The Morgan fingerprint density at radius 1 is 1.60 bits per heavy atom. The maximum atomic E-state index is 12.1. The summed E-state index contributed by atoms with van der Waals surface area (Å²) >= 11 is 5.93. The summed E-state index contributed by atoms with van der Waals surface area (Å²) in [7, 11) is 1.70. The van der Waals surface area contributed by atoms with E-state index in [0.29, 0.717) is 16.8 Å². The third kappa shape index (κ3) is 2.53. The lowest BCUT2D eigenvalue weighted by atomic mass is 10.3. The molecule has 0 bridgehead atoms. The molecular formula is C12H14ClN5O2. The van der Waals surface area contributed by atoms with Crippen LogP contribution < -0.4 is 5.32 Å². The van der Waals surface area contributed by atoms with Crippen molar-refractivity contribution in [3.63, 3.8) is 0 Å². The Bertz CT molecular complexity index is 646. The Morgan fingerprint density at radius 2 is 2.35 bits per heavy atom. The standard InChI is InChI=1S/C12H14ClN5O2/c1-6(12-15-10(17-20-12)7-3-4-7)14-11(19)9-8(13)5-18(2)16-9/h5-7H,3-4H2,1-2H3,(H,14,19). The van der Waals surface area contributed by atoms with Crippen LogP contribution in [0.4, 0.5) is 0 Å². The van der Waals surface area contributed by atoms with Crippen LogP contribution in [0.25, 0.3) is 0 Å². The topological polar surface area (TPSA) is 85.8 Å². The van der Waals surface area contributed by atoms with E-state index < -0.39 is 0 Å². The fourth-order valence-corrected chi connectivity index (χ4v) is 2.14. The minimum atomic E-state index is -0.388. The normalized spacial score (nSPS) is 16.1. The summed E-state index contributed by atoms with van der Waals surface area (Å²) < 4.78 is 6.65. The summed E-state index contributed by atoms with van der Waals surface area (Å²) in [5.74, 6) is 1.17. The minimum Gasteiger partial charge on any atom is -0.339 e. The average Bonchev–Trinajstić information content (AvgIpc) is 3.02. The Kier molecular flexibility index (Phi) is 3.21. The summed E-state index contributed by atoms with van der Waals surface area (Å²) in [4.78, 5) is 16.3. The molecule has 2 heterocycles. The summed E-state index contributed by atoms with van der Waals surface area (Å²) in [6.07, 6.45) is 3.77. The number of carbonyl (C=O) groups excluding carboxylic acids is 1. The summed E-state index contributed by atoms with van der Waals surface area (Å²) in [5.41, 5.74) is 0.183. The molecule has 7 nitrogen and oxygen atoms in total. The zero-order valence-corrected chi connectivity index (χ0v) is 11.9. The van der Waals surface area contributed by atoms with E-state index in [1.165, 1.54) is 4.68 Å². The lowest BCUT2D eigenvalue weighted by Gasteiger charge is -2.08. The second kappa shape index (κ2) is 4.90. The lowest BCUT2D eigenvalue weighted by Crippen LogP contribution is -2.27. The molecule has 2 aromatic rings. The van der Waals surface area contributed by atoms with Crippen molar-refractivity contribution in [1.82, 2.24) is 25.2 Å². The van der Waals surface area contributed by atoms with Gasteiger partial charge in [0.2, 0.25) is 5.89 Å². The van der Waals surface area contributed by atoms with Gasteiger partial charge in [-0.25, -0.2) is 0 Å². The van der Waals surface area contributed by atoms with Gasteiger partial charge in [0.25, 0.3) is 5.91 Å². The third-order valence-electron chi connectivity index (χ3n) is 3.12. The van der Waals surface area contributed by atoms with Crippen molar-refractivity contribution in [2.24, 2.45) is 7.05 Å². The number of nitrogens with zero attached hydrogens (tertiary/aromatic N) is 4. The highest BCUT2D eigenvalue weighted by molar-refractivity contribution is 6.33. The van der Waals surface area contributed by atoms with Crippen molar-refractivity contribution in [3.05, 3.63) is 28.6 Å². The van der Waals surface area contributed by atoms with Gasteiger partial charge in [-0.15, -0.1) is 0 Å². The largest absolute Gasteiger partial charge is 0.339 e. The molecule has 106 valence electrons. The number of rotatable bonds is 4. The first-order valence-corrected chi connectivity index (χ1v) is 6.76. The van der Waals surface area contributed by atoms with Gasteiger partial charge >= 0.3 is 0 Å². The van der Waals surface area contributed by atoms with Crippen molar-refractivity contribution in [3.8, 4) is 0 Å². The monoisotopic (exact) mass is 295 g/mol. The third-order valence-corrected chi connectivity index (χ3v) is 3.39. The van der Waals surface area contributed by atoms with Gasteiger partial charge in [-0.3, -0.25) is 9.48 Å². The van der Waals surface area contributed by atoms with Crippen LogP contribution in [0.5, 0.6) is 0 Å². The van der Waals surface area contributed by atoms with E-state index in [4.69, 9.17) is 16.1 Å². The van der Waals surface area contributed by atoms with Crippen molar-refractivity contribution in [2.75, 3.05) is 0 Å². The van der Waals surface area contributed by atoms with Crippen LogP contribution in [-0.2, 0) is 7.05 Å². The molecule has 1 atom stereocenters. The van der Waals surface area contributed by atoms with Crippen molar-refractivity contribution < 1.29 is 9.32 Å². The van der Waals surface area contributed by atoms with Gasteiger partial charge in [0, 0.05) is 19.2 Å².